The van der Waals surface area contributed by atoms with Crippen LogP contribution in [-0.4, -0.2) is 5.70 Å². The van der Waals surface area contributed by atoms with Gasteiger partial charge in [0.05, 0.1) is 0 Å². The third-order valence-electron chi connectivity index (χ3n) is 1.21. The molecule has 0 amide bonds. The molecule has 0 saturated carbocycles. The zero-order chi connectivity index (χ0) is 26.4. The second-order valence-corrected chi connectivity index (χ2v) is 737. The van der Waals surface area contributed by atoms with Crippen molar-refractivity contribution in [1.82, 2.24) is 0 Å². The average Bonchev–Trinajstić information content (AvgIpc) is 2.81. The van der Waals surface area contributed by atoms with Crippen molar-refractivity contribution in [3.8, 4) is 0 Å². The summed E-state index contributed by atoms with van der Waals surface area (Å²) in [5, 5.41) is 0. The SMILES string of the molecule is [B][I-]I(I)I(I)I(I)I(I)I(I)I(I)I(I)I(I)I(I)I(I)I(I)I(I)I(I)I(I)I(I)I. The summed E-state index contributed by atoms with van der Waals surface area (Å²) in [6, 6.07) is 0. The molecule has 0 aromatic rings. The molecule has 33 heteroatoms. The molecule has 0 fully saturated rings. The first kappa shape index (κ1) is 56.4. The Balaban J connectivity index is 5.24. The molecular formula is BI32-. The fourth-order valence-corrected chi connectivity index (χ4v) is 5500. The molecule has 0 saturated heterocycles. The molecule has 33 heavy (non-hydrogen) atoms. The van der Waals surface area contributed by atoms with E-state index in [0.29, 0.717) is 0 Å². The molecular weight excluding hydrogens is 4070 g/mol. The summed E-state index contributed by atoms with van der Waals surface area (Å²) in [5.41, 5.74) is 6.29. The van der Waals surface area contributed by atoms with Crippen LogP contribution in [0.15, 0.2) is 0 Å². The summed E-state index contributed by atoms with van der Waals surface area (Å²) >= 11 is 50.9. The molecule has 0 N–H and O–H groups in total. The van der Waals surface area contributed by atoms with Gasteiger partial charge in [-0.2, -0.15) is 0 Å². The van der Waals surface area contributed by atoms with Gasteiger partial charge in [0, 0.05) is 0 Å². The summed E-state index contributed by atoms with van der Waals surface area (Å²) in [6.07, 6.45) is 0. The van der Waals surface area contributed by atoms with Gasteiger partial charge in [-0.05, 0) is 0 Å². The van der Waals surface area contributed by atoms with Crippen LogP contribution in [0.5, 0.6) is 0 Å². The molecule has 0 heterocycles. The first-order valence-electron chi connectivity index (χ1n) is 4.65. The van der Waals surface area contributed by atoms with Crippen LogP contribution in [0, 0.1) is 0 Å². The Morgan fingerprint density at radius 2 is 0.485 bits per heavy atom. The second-order valence-electron chi connectivity index (χ2n) is 2.51. The van der Waals surface area contributed by atoms with E-state index in [2.05, 4.69) is 298 Å². The predicted octanol–water partition coefficient (Wildman–Crippen LogP) is 24.1. The molecule has 2 radical (unpaired) electrons. The van der Waals surface area contributed by atoms with Crippen LogP contribution < -0.4 is 17.0 Å². The zero-order valence-electron chi connectivity index (χ0n) is 12.7. The van der Waals surface area contributed by atoms with Gasteiger partial charge >= 0.3 is 439 Å². The maximum atomic E-state index is 6.29. The Morgan fingerprint density at radius 3 is 0.667 bits per heavy atom. The summed E-state index contributed by atoms with van der Waals surface area (Å²) in [4.78, 5) is 0. The second kappa shape index (κ2) is 34.1. The van der Waals surface area contributed by atoms with Crippen molar-refractivity contribution in [3.05, 3.63) is 0 Å². The van der Waals surface area contributed by atoms with E-state index in [0.717, 1.165) is 0 Å². The molecule has 0 unspecified atom stereocenters. The van der Waals surface area contributed by atoms with Crippen LogP contribution >= 0.6 is 416 Å². The van der Waals surface area contributed by atoms with E-state index in [1.165, 1.54) is 0 Å². The van der Waals surface area contributed by atoms with Crippen molar-refractivity contribution < 1.29 is 17.0 Å². The molecule has 0 aliphatic carbocycles. The summed E-state index contributed by atoms with van der Waals surface area (Å²) in [5.74, 6) is 0. The van der Waals surface area contributed by atoms with Gasteiger partial charge in [-0.1, -0.05) is 0 Å². The first-order chi connectivity index (χ1) is 15.0. The van der Waals surface area contributed by atoms with Crippen molar-refractivity contribution in [2.75, 3.05) is 0 Å². The Kier molecular flexibility index (Phi) is 58.2. The Morgan fingerprint density at radius 1 is 0.303 bits per heavy atom. The molecule has 0 spiro atoms. The van der Waals surface area contributed by atoms with Crippen LogP contribution in [-0.2, 0) is 0 Å². The van der Waals surface area contributed by atoms with Gasteiger partial charge in [-0.25, -0.2) is 0 Å². The maximum absolute atomic E-state index is 6.29. The fraction of sp³-hybridized carbons (Fsp3) is 0. The minimum absolute atomic E-state index is 0.170. The topological polar surface area (TPSA) is 0 Å². The zero-order valence-corrected chi connectivity index (χ0v) is 81.7. The Labute approximate surface area is 414 Å². The minimum atomic E-state index is -0.579. The summed E-state index contributed by atoms with van der Waals surface area (Å²) in [6.45, 7) is 0. The van der Waals surface area contributed by atoms with Gasteiger partial charge in [-0.3, -0.25) is 0 Å². The van der Waals surface area contributed by atoms with Gasteiger partial charge in [-0.15, -0.1) is 0 Å². The normalized spacial score (nSPS) is 18.4. The van der Waals surface area contributed by atoms with Gasteiger partial charge < -0.3 is 0 Å². The van der Waals surface area contributed by atoms with Crippen molar-refractivity contribution >= 4 is 422 Å². The standard InChI is InChI=1S/BI32/c1-18-20(4)22(6)24(8)26(10)28(12)30(14)32(16)33(17)31(15)29(13)27(11)25(9)23(7)21(5)19(2)3/q-1. The quantitative estimate of drug-likeness (QED) is 0.113. The van der Waals surface area contributed by atoms with Crippen LogP contribution in [0.3, 0.4) is 0 Å². The molecule has 0 rings (SSSR count). The number of hydrogen-bond donors (Lipinski definition) is 0. The molecule has 0 aromatic heterocycles. The van der Waals surface area contributed by atoms with E-state index in [1.54, 1.807) is 0 Å². The van der Waals surface area contributed by atoms with E-state index in [4.69, 9.17) is 5.70 Å². The molecule has 0 aromatic carbocycles. The molecule has 0 aliphatic rings. The predicted molar refractivity (Wildman–Crippen MR) is 440 cm³/mol. The van der Waals surface area contributed by atoms with E-state index in [-0.39, 0.29) is 17.0 Å². The summed E-state index contributed by atoms with van der Waals surface area (Å²) < 4.78 is 0. The molecule has 0 aliphatic heterocycles. The van der Waals surface area contributed by atoms with Crippen molar-refractivity contribution in [2.24, 2.45) is 0 Å². The van der Waals surface area contributed by atoms with Gasteiger partial charge in [0.2, 0.25) is 0 Å². The molecule has 228 valence electrons. The molecule has 0 nitrogen and oxygen atoms in total. The van der Waals surface area contributed by atoms with Crippen molar-refractivity contribution in [2.45, 2.75) is 0 Å². The van der Waals surface area contributed by atoms with Crippen molar-refractivity contribution in [3.63, 3.8) is 0 Å². The van der Waals surface area contributed by atoms with Crippen LogP contribution in [0.1, 0.15) is 0 Å². The van der Waals surface area contributed by atoms with Gasteiger partial charge in [0.15, 0.2) is 0 Å². The van der Waals surface area contributed by atoms with Gasteiger partial charge in [0.1, 0.15) is 0 Å². The Hall–Kier alpha value is 23.4. The summed E-state index contributed by atoms with van der Waals surface area (Å²) in [7, 11) is -7.60. The average molecular weight is 4070 g/mol. The van der Waals surface area contributed by atoms with E-state index >= 15 is 0 Å². The van der Waals surface area contributed by atoms with Crippen LogP contribution in [0.4, 0.5) is 0 Å². The third kappa shape index (κ3) is 23.9. The van der Waals surface area contributed by atoms with Gasteiger partial charge in [0.25, 0.3) is 0 Å². The van der Waals surface area contributed by atoms with Crippen LogP contribution in [0.25, 0.3) is 0 Å². The fourth-order valence-electron chi connectivity index (χ4n) is 0.425. The van der Waals surface area contributed by atoms with E-state index < -0.39 is 118 Å². The van der Waals surface area contributed by atoms with E-state index in [9.17, 15) is 0 Å². The molecule has 0 atom stereocenters. The number of hydrogen-bond acceptors (Lipinski definition) is 0. The van der Waals surface area contributed by atoms with Crippen LogP contribution in [0.2, 0.25) is 0 Å². The Bertz CT molecular complexity index is 513. The molecule has 0 bridgehead atoms. The number of rotatable bonds is 15. The first-order valence-corrected chi connectivity index (χ1v) is 201. The monoisotopic (exact) mass is 4070 g/mol. The number of halogens is 32. The third-order valence-corrected chi connectivity index (χ3v) is 2330. The van der Waals surface area contributed by atoms with E-state index in [1.807, 2.05) is 0 Å². The van der Waals surface area contributed by atoms with Crippen molar-refractivity contribution in [1.29, 1.82) is 0 Å².